The van der Waals surface area contributed by atoms with E-state index in [2.05, 4.69) is 14.9 Å². The third kappa shape index (κ3) is 4.89. The molecular weight excluding hydrogens is 390 g/mol. The lowest BCUT2D eigenvalue weighted by Crippen LogP contribution is -2.30. The standard InChI is InChI=1S/C21H27N3O4S/c1-15(2)23-29(26,27)20-14-16(10-11-19(20)28-3)21(25)22-17-8-4-5-9-18(17)24-12-6-7-13-24/h4-5,8-11,14-15,23H,6-7,12-13H2,1-3H3,(H,22,25). The summed E-state index contributed by atoms with van der Waals surface area (Å²) in [6, 6.07) is 11.8. The summed E-state index contributed by atoms with van der Waals surface area (Å²) in [5.74, 6) is -0.188. The maximum atomic E-state index is 12.9. The van der Waals surface area contributed by atoms with E-state index in [1.54, 1.807) is 19.9 Å². The van der Waals surface area contributed by atoms with Crippen molar-refractivity contribution in [2.75, 3.05) is 30.4 Å². The largest absolute Gasteiger partial charge is 0.495 e. The zero-order valence-corrected chi connectivity index (χ0v) is 17.8. The van der Waals surface area contributed by atoms with E-state index in [0.717, 1.165) is 31.6 Å². The summed E-state index contributed by atoms with van der Waals surface area (Å²) in [6.07, 6.45) is 2.26. The SMILES string of the molecule is COc1ccc(C(=O)Nc2ccccc2N2CCCC2)cc1S(=O)(=O)NC(C)C. The fraction of sp³-hybridized carbons (Fsp3) is 0.381. The number of carbonyl (C=O) groups is 1. The Labute approximate surface area is 172 Å². The van der Waals surface area contributed by atoms with Gasteiger partial charge in [-0.05, 0) is 57.0 Å². The molecule has 7 nitrogen and oxygen atoms in total. The molecule has 1 amide bonds. The van der Waals surface area contributed by atoms with Crippen LogP contribution in [-0.4, -0.2) is 40.6 Å². The van der Waals surface area contributed by atoms with Crippen LogP contribution in [0.1, 0.15) is 37.0 Å². The smallest absolute Gasteiger partial charge is 0.255 e. The molecule has 3 rings (SSSR count). The van der Waals surface area contributed by atoms with Gasteiger partial charge in [-0.1, -0.05) is 12.1 Å². The number of nitrogens with one attached hydrogen (secondary N) is 2. The van der Waals surface area contributed by atoms with Crippen LogP contribution in [-0.2, 0) is 10.0 Å². The number of anilines is 2. The molecule has 156 valence electrons. The van der Waals surface area contributed by atoms with E-state index < -0.39 is 10.0 Å². The Kier molecular flexibility index (Phi) is 6.44. The van der Waals surface area contributed by atoms with E-state index in [-0.39, 0.29) is 28.2 Å². The minimum atomic E-state index is -3.82. The van der Waals surface area contributed by atoms with E-state index >= 15 is 0 Å². The molecule has 1 aliphatic heterocycles. The van der Waals surface area contributed by atoms with Gasteiger partial charge in [-0.3, -0.25) is 4.79 Å². The van der Waals surface area contributed by atoms with Crippen LogP contribution in [0.25, 0.3) is 0 Å². The average Bonchev–Trinajstić information content (AvgIpc) is 3.21. The fourth-order valence-electron chi connectivity index (χ4n) is 3.41. The third-order valence-corrected chi connectivity index (χ3v) is 6.38. The second kappa shape index (κ2) is 8.84. The van der Waals surface area contributed by atoms with Crippen molar-refractivity contribution in [3.05, 3.63) is 48.0 Å². The number of methoxy groups -OCH3 is 1. The lowest BCUT2D eigenvalue weighted by molar-refractivity contribution is 0.102. The molecule has 1 heterocycles. The number of para-hydroxylation sites is 2. The van der Waals surface area contributed by atoms with Crippen LogP contribution in [0.15, 0.2) is 47.4 Å². The number of hydrogen-bond acceptors (Lipinski definition) is 5. The van der Waals surface area contributed by atoms with Crippen LogP contribution in [0.4, 0.5) is 11.4 Å². The molecule has 0 aromatic heterocycles. The van der Waals surface area contributed by atoms with E-state index in [9.17, 15) is 13.2 Å². The van der Waals surface area contributed by atoms with Gasteiger partial charge in [0.1, 0.15) is 10.6 Å². The summed E-state index contributed by atoms with van der Waals surface area (Å²) in [7, 11) is -2.42. The highest BCUT2D eigenvalue weighted by atomic mass is 32.2. The van der Waals surface area contributed by atoms with Crippen LogP contribution in [0.3, 0.4) is 0 Å². The van der Waals surface area contributed by atoms with Crippen molar-refractivity contribution in [1.29, 1.82) is 0 Å². The first-order valence-corrected chi connectivity index (χ1v) is 11.2. The molecule has 1 fully saturated rings. The molecule has 2 aromatic rings. The first kappa shape index (κ1) is 21.1. The summed E-state index contributed by atoms with van der Waals surface area (Å²) in [4.78, 5) is 15.1. The van der Waals surface area contributed by atoms with E-state index in [0.29, 0.717) is 5.69 Å². The van der Waals surface area contributed by atoms with Crippen molar-refractivity contribution in [2.45, 2.75) is 37.6 Å². The lowest BCUT2D eigenvalue weighted by atomic mass is 10.2. The molecule has 0 spiro atoms. The van der Waals surface area contributed by atoms with E-state index in [4.69, 9.17) is 4.74 Å². The van der Waals surface area contributed by atoms with Crippen LogP contribution in [0.2, 0.25) is 0 Å². The maximum Gasteiger partial charge on any atom is 0.255 e. The summed E-state index contributed by atoms with van der Waals surface area (Å²) < 4.78 is 33.0. The molecular formula is C21H27N3O4S. The molecule has 2 N–H and O–H groups in total. The Morgan fingerprint density at radius 2 is 1.79 bits per heavy atom. The second-order valence-electron chi connectivity index (χ2n) is 7.31. The van der Waals surface area contributed by atoms with E-state index in [1.165, 1.54) is 19.2 Å². The molecule has 0 aliphatic carbocycles. The fourth-order valence-corrected chi connectivity index (χ4v) is 4.86. The highest BCUT2D eigenvalue weighted by Crippen LogP contribution is 2.30. The number of nitrogens with zero attached hydrogens (tertiary/aromatic N) is 1. The van der Waals surface area contributed by atoms with Gasteiger partial charge in [0.05, 0.1) is 18.5 Å². The Morgan fingerprint density at radius 3 is 2.45 bits per heavy atom. The predicted octanol–water partition coefficient (Wildman–Crippen LogP) is 3.23. The van der Waals surface area contributed by atoms with Gasteiger partial charge >= 0.3 is 0 Å². The average molecular weight is 418 g/mol. The molecule has 8 heteroatoms. The Hall–Kier alpha value is -2.58. The van der Waals surface area contributed by atoms with Crippen molar-refractivity contribution in [2.24, 2.45) is 0 Å². The predicted molar refractivity (Wildman–Crippen MR) is 114 cm³/mol. The van der Waals surface area contributed by atoms with E-state index in [1.807, 2.05) is 24.3 Å². The lowest BCUT2D eigenvalue weighted by Gasteiger charge is -2.21. The van der Waals surface area contributed by atoms with Gasteiger partial charge in [0, 0.05) is 24.7 Å². The Morgan fingerprint density at radius 1 is 1.10 bits per heavy atom. The molecule has 0 saturated carbocycles. The maximum absolute atomic E-state index is 12.9. The van der Waals surface area contributed by atoms with Crippen molar-refractivity contribution >= 4 is 27.3 Å². The van der Waals surface area contributed by atoms with Gasteiger partial charge in [0.25, 0.3) is 5.91 Å². The van der Waals surface area contributed by atoms with Gasteiger partial charge in [0.15, 0.2) is 0 Å². The first-order chi connectivity index (χ1) is 13.8. The molecule has 29 heavy (non-hydrogen) atoms. The highest BCUT2D eigenvalue weighted by Gasteiger charge is 2.23. The molecule has 0 bridgehead atoms. The minimum absolute atomic E-state index is 0.0609. The molecule has 0 unspecified atom stereocenters. The Balaban J connectivity index is 1.90. The topological polar surface area (TPSA) is 87.7 Å². The zero-order chi connectivity index (χ0) is 21.0. The second-order valence-corrected chi connectivity index (χ2v) is 8.99. The summed E-state index contributed by atoms with van der Waals surface area (Å²) in [5, 5.41) is 2.92. The Bertz CT molecular complexity index is 983. The molecule has 2 aromatic carbocycles. The first-order valence-electron chi connectivity index (χ1n) is 9.67. The van der Waals surface area contributed by atoms with Crippen molar-refractivity contribution in [1.82, 2.24) is 4.72 Å². The number of carbonyl (C=O) groups excluding carboxylic acids is 1. The quantitative estimate of drug-likeness (QED) is 0.722. The summed E-state index contributed by atoms with van der Waals surface area (Å²) in [5.41, 5.74) is 1.92. The van der Waals surface area contributed by atoms with Gasteiger partial charge in [-0.25, -0.2) is 13.1 Å². The monoisotopic (exact) mass is 417 g/mol. The van der Waals surface area contributed by atoms with Gasteiger partial charge < -0.3 is 15.0 Å². The minimum Gasteiger partial charge on any atom is -0.495 e. The van der Waals surface area contributed by atoms with Crippen LogP contribution < -0.4 is 19.7 Å². The number of rotatable bonds is 7. The van der Waals surface area contributed by atoms with Crippen molar-refractivity contribution in [3.63, 3.8) is 0 Å². The number of sulfonamides is 1. The normalized spacial score (nSPS) is 14.3. The number of ether oxygens (including phenoxy) is 1. The number of hydrogen-bond donors (Lipinski definition) is 2. The summed E-state index contributed by atoms with van der Waals surface area (Å²) in [6.45, 7) is 5.38. The molecule has 1 saturated heterocycles. The zero-order valence-electron chi connectivity index (χ0n) is 16.9. The van der Waals surface area contributed by atoms with Crippen LogP contribution >= 0.6 is 0 Å². The molecule has 0 radical (unpaired) electrons. The third-order valence-electron chi connectivity index (χ3n) is 4.71. The highest BCUT2D eigenvalue weighted by molar-refractivity contribution is 7.89. The molecule has 1 aliphatic rings. The van der Waals surface area contributed by atoms with Crippen LogP contribution in [0.5, 0.6) is 5.75 Å². The summed E-state index contributed by atoms with van der Waals surface area (Å²) >= 11 is 0. The van der Waals surface area contributed by atoms with Gasteiger partial charge in [-0.15, -0.1) is 0 Å². The van der Waals surface area contributed by atoms with Gasteiger partial charge in [0.2, 0.25) is 10.0 Å². The number of benzene rings is 2. The number of amides is 1. The van der Waals surface area contributed by atoms with Crippen molar-refractivity contribution < 1.29 is 17.9 Å². The van der Waals surface area contributed by atoms with Gasteiger partial charge in [-0.2, -0.15) is 0 Å². The van der Waals surface area contributed by atoms with Crippen LogP contribution in [0, 0.1) is 0 Å². The van der Waals surface area contributed by atoms with Crippen molar-refractivity contribution in [3.8, 4) is 5.75 Å². The molecule has 0 atom stereocenters.